The van der Waals surface area contributed by atoms with Gasteiger partial charge in [-0.15, -0.1) is 0 Å². The Labute approximate surface area is 179 Å². The minimum Gasteiger partial charge on any atom is -0.481 e. The van der Waals surface area contributed by atoms with Crippen molar-refractivity contribution in [1.82, 2.24) is 10.6 Å². The lowest BCUT2D eigenvalue weighted by Crippen LogP contribution is -2.38. The van der Waals surface area contributed by atoms with Gasteiger partial charge in [0, 0.05) is 29.6 Å². The summed E-state index contributed by atoms with van der Waals surface area (Å²) in [4.78, 5) is 48.1. The molecule has 0 heterocycles. The van der Waals surface area contributed by atoms with Crippen LogP contribution in [0.15, 0.2) is 47.6 Å². The molecule has 2 aromatic rings. The Morgan fingerprint density at radius 3 is 2.47 bits per heavy atom. The molecule has 0 aliphatic carbocycles. The van der Waals surface area contributed by atoms with Crippen molar-refractivity contribution in [3.63, 3.8) is 0 Å². The third kappa shape index (κ3) is 6.78. The van der Waals surface area contributed by atoms with Crippen LogP contribution in [0, 0.1) is 15.9 Å². The molecule has 1 atom stereocenters. The summed E-state index contributed by atoms with van der Waals surface area (Å²) in [7, 11) is 0. The molecule has 0 saturated carbocycles. The van der Waals surface area contributed by atoms with Crippen LogP contribution >= 0.6 is 0 Å². The van der Waals surface area contributed by atoms with E-state index >= 15 is 0 Å². The predicted octanol–water partition coefficient (Wildman–Crippen LogP) is 2.55. The summed E-state index contributed by atoms with van der Waals surface area (Å²) in [6, 6.07) is 7.63. The number of nitrogens with zero attached hydrogens (tertiary/aromatic N) is 4. The lowest BCUT2D eigenvalue weighted by atomic mass is 10.1. The topological polar surface area (TPSA) is 187 Å². The molecule has 13 heteroatoms. The van der Waals surface area contributed by atoms with E-state index < -0.39 is 46.7 Å². The van der Waals surface area contributed by atoms with Crippen molar-refractivity contribution in [3.05, 3.63) is 85.5 Å². The van der Waals surface area contributed by atoms with Crippen LogP contribution in [-0.2, 0) is 11.3 Å². The average Bonchev–Trinajstić information content (AvgIpc) is 2.75. The van der Waals surface area contributed by atoms with Gasteiger partial charge in [-0.1, -0.05) is 17.2 Å². The Morgan fingerprint density at radius 2 is 1.88 bits per heavy atom. The fourth-order valence-corrected chi connectivity index (χ4v) is 2.68. The normalized spacial score (nSPS) is 11.0. The first kappa shape index (κ1) is 23.8. The third-order valence-corrected chi connectivity index (χ3v) is 4.19. The largest absolute Gasteiger partial charge is 0.481 e. The van der Waals surface area contributed by atoms with Gasteiger partial charge in [-0.05, 0) is 35.4 Å². The molecule has 0 spiro atoms. The summed E-state index contributed by atoms with van der Waals surface area (Å²) in [5, 5.41) is 28.1. The first-order valence-corrected chi connectivity index (χ1v) is 9.06. The van der Waals surface area contributed by atoms with Crippen LogP contribution in [0.25, 0.3) is 10.4 Å². The van der Waals surface area contributed by atoms with E-state index in [1.54, 1.807) is 0 Å². The molecule has 0 aromatic heterocycles. The van der Waals surface area contributed by atoms with E-state index in [0.717, 1.165) is 12.1 Å². The Morgan fingerprint density at radius 1 is 1.19 bits per heavy atom. The number of nitrogens with one attached hydrogen (secondary N) is 2. The Hall–Kier alpha value is -4.51. The lowest BCUT2D eigenvalue weighted by molar-refractivity contribution is -0.385. The van der Waals surface area contributed by atoms with E-state index in [-0.39, 0.29) is 24.2 Å². The van der Waals surface area contributed by atoms with Crippen LogP contribution in [0.4, 0.5) is 10.1 Å². The van der Waals surface area contributed by atoms with Crippen LogP contribution in [0.5, 0.6) is 0 Å². The number of azide groups is 1. The van der Waals surface area contributed by atoms with Gasteiger partial charge in [-0.25, -0.2) is 4.39 Å². The number of amides is 2. The number of hydrogen-bond acceptors (Lipinski definition) is 6. The summed E-state index contributed by atoms with van der Waals surface area (Å²) in [6.07, 6.45) is -0.426. The van der Waals surface area contributed by atoms with Gasteiger partial charge < -0.3 is 15.7 Å². The van der Waals surface area contributed by atoms with Crippen molar-refractivity contribution in [3.8, 4) is 0 Å². The maximum absolute atomic E-state index is 13.2. The molecule has 0 radical (unpaired) electrons. The number of hydrogen-bond donors (Lipinski definition) is 3. The van der Waals surface area contributed by atoms with E-state index in [1.807, 2.05) is 0 Å². The number of nitro benzene ring substituents is 1. The van der Waals surface area contributed by atoms with Crippen molar-refractivity contribution in [2.24, 2.45) is 5.11 Å². The highest BCUT2D eigenvalue weighted by Gasteiger charge is 2.21. The van der Waals surface area contributed by atoms with Crippen molar-refractivity contribution in [1.29, 1.82) is 0 Å². The van der Waals surface area contributed by atoms with Gasteiger partial charge in [0.15, 0.2) is 0 Å². The van der Waals surface area contributed by atoms with Gasteiger partial charge >= 0.3 is 5.97 Å². The number of halogens is 1. The van der Waals surface area contributed by atoms with E-state index in [1.165, 1.54) is 24.3 Å². The van der Waals surface area contributed by atoms with Gasteiger partial charge in [0.1, 0.15) is 11.4 Å². The van der Waals surface area contributed by atoms with E-state index in [9.17, 15) is 28.9 Å². The molecule has 2 rings (SSSR count). The first-order valence-electron chi connectivity index (χ1n) is 9.06. The molecular formula is C19H17FN6O6. The summed E-state index contributed by atoms with van der Waals surface area (Å²) in [5.74, 6) is -3.36. The van der Waals surface area contributed by atoms with Gasteiger partial charge in [0.25, 0.3) is 17.5 Å². The Balaban J connectivity index is 2.01. The van der Waals surface area contributed by atoms with Crippen molar-refractivity contribution in [2.75, 3.05) is 6.54 Å². The fourth-order valence-electron chi connectivity index (χ4n) is 2.68. The van der Waals surface area contributed by atoms with Crippen LogP contribution in [0.2, 0.25) is 0 Å². The number of benzene rings is 2. The second kappa shape index (κ2) is 11.0. The van der Waals surface area contributed by atoms with Gasteiger partial charge in [-0.2, -0.15) is 0 Å². The Bertz CT molecular complexity index is 1080. The second-order valence-corrected chi connectivity index (χ2v) is 6.48. The monoisotopic (exact) mass is 444 g/mol. The van der Waals surface area contributed by atoms with Gasteiger partial charge in [0.05, 0.1) is 17.4 Å². The maximum Gasteiger partial charge on any atom is 0.305 e. The van der Waals surface area contributed by atoms with Crippen molar-refractivity contribution < 1.29 is 28.8 Å². The molecule has 0 aliphatic rings. The van der Waals surface area contributed by atoms with Crippen molar-refractivity contribution in [2.45, 2.75) is 19.0 Å². The molecule has 2 amide bonds. The number of rotatable bonds is 10. The van der Waals surface area contributed by atoms with Crippen molar-refractivity contribution >= 4 is 23.5 Å². The minimum absolute atomic E-state index is 0.0201. The molecular weight excluding hydrogens is 427 g/mol. The number of carbonyl (C=O) groups is 3. The third-order valence-electron chi connectivity index (χ3n) is 4.19. The molecule has 0 bridgehead atoms. The molecule has 0 fully saturated rings. The zero-order chi connectivity index (χ0) is 23.7. The van der Waals surface area contributed by atoms with E-state index in [4.69, 9.17) is 10.6 Å². The summed E-state index contributed by atoms with van der Waals surface area (Å²) in [6.45, 7) is -0.248. The van der Waals surface area contributed by atoms with Crippen LogP contribution in [0.1, 0.15) is 32.7 Å². The SMILES string of the molecule is [N-]=[N+]=NC[C@H](CC(=O)O)NC(=O)c1ccc(CNC(=O)c2ccc(F)cc2[N+](=O)[O-])cc1. The van der Waals surface area contributed by atoms with Crippen LogP contribution in [0.3, 0.4) is 0 Å². The molecule has 12 nitrogen and oxygen atoms in total. The number of carboxylic acid groups (broad SMARTS) is 1. The van der Waals surface area contributed by atoms with Gasteiger partial charge in [0.2, 0.25) is 0 Å². The van der Waals surface area contributed by atoms with E-state index in [2.05, 4.69) is 20.7 Å². The van der Waals surface area contributed by atoms with Crippen LogP contribution in [-0.4, -0.2) is 40.4 Å². The number of carbonyl (C=O) groups excluding carboxylic acids is 2. The highest BCUT2D eigenvalue weighted by atomic mass is 19.1. The number of carboxylic acids is 1. The number of aliphatic carboxylic acids is 1. The second-order valence-electron chi connectivity index (χ2n) is 6.48. The quantitative estimate of drug-likeness (QED) is 0.166. The minimum atomic E-state index is -1.17. The first-order chi connectivity index (χ1) is 15.2. The average molecular weight is 444 g/mol. The maximum atomic E-state index is 13.2. The summed E-state index contributed by atoms with van der Waals surface area (Å²) >= 11 is 0. The van der Waals surface area contributed by atoms with Gasteiger partial charge in [-0.3, -0.25) is 24.5 Å². The summed E-state index contributed by atoms with van der Waals surface area (Å²) in [5.41, 5.74) is 8.18. The zero-order valence-electron chi connectivity index (χ0n) is 16.4. The highest BCUT2D eigenvalue weighted by molar-refractivity contribution is 5.98. The molecule has 0 unspecified atom stereocenters. The lowest BCUT2D eigenvalue weighted by Gasteiger charge is -2.14. The van der Waals surface area contributed by atoms with Crippen LogP contribution < -0.4 is 10.6 Å². The molecule has 166 valence electrons. The molecule has 0 saturated heterocycles. The Kier molecular flexibility index (Phi) is 8.20. The predicted molar refractivity (Wildman–Crippen MR) is 108 cm³/mol. The fraction of sp³-hybridized carbons (Fsp3) is 0.211. The highest BCUT2D eigenvalue weighted by Crippen LogP contribution is 2.19. The summed E-state index contributed by atoms with van der Waals surface area (Å²) < 4.78 is 13.2. The number of nitro groups is 1. The zero-order valence-corrected chi connectivity index (χ0v) is 16.4. The molecule has 3 N–H and O–H groups in total. The molecule has 32 heavy (non-hydrogen) atoms. The molecule has 0 aliphatic heterocycles. The molecule has 2 aromatic carbocycles. The smallest absolute Gasteiger partial charge is 0.305 e. The van der Waals surface area contributed by atoms with E-state index in [0.29, 0.717) is 11.6 Å². The standard InChI is InChI=1S/C19H17FN6O6/c20-13-5-6-15(16(7-13)26(31)32)19(30)22-9-11-1-3-12(4-2-11)18(29)24-14(8-17(27)28)10-23-25-21/h1-7,14H,8-10H2,(H,22,30)(H,24,29)(H,27,28)/t14-/m0/s1.